The molecule has 1 atom stereocenters. The Kier molecular flexibility index (Phi) is 9.55. The summed E-state index contributed by atoms with van der Waals surface area (Å²) in [4.78, 5) is 0. The van der Waals surface area contributed by atoms with Crippen LogP contribution in [0.1, 0.15) is 19.3 Å². The van der Waals surface area contributed by atoms with Gasteiger partial charge in [-0.1, -0.05) is 0 Å². The molecule has 0 aromatic heterocycles. The number of aliphatic hydroxyl groups is 1. The van der Waals surface area contributed by atoms with E-state index in [1.807, 2.05) is 0 Å². The average molecular weight is 248 g/mol. The monoisotopic (exact) mass is 248 g/mol. The van der Waals surface area contributed by atoms with Crippen molar-refractivity contribution in [2.75, 3.05) is 52.9 Å². The second-order valence-electron chi connectivity index (χ2n) is 4.01. The van der Waals surface area contributed by atoms with Crippen LogP contribution in [0, 0.1) is 0 Å². The van der Waals surface area contributed by atoms with Gasteiger partial charge in [-0.3, -0.25) is 0 Å². The summed E-state index contributed by atoms with van der Waals surface area (Å²) in [5.41, 5.74) is 0. The highest BCUT2D eigenvalue weighted by atomic mass is 16.5. The average Bonchev–Trinajstić information content (AvgIpc) is 2.36. The quantitative estimate of drug-likeness (QED) is 0.736. The van der Waals surface area contributed by atoms with Crippen molar-refractivity contribution in [3.63, 3.8) is 0 Å². The van der Waals surface area contributed by atoms with Crippen LogP contribution in [-0.4, -0.2) is 64.1 Å². The van der Waals surface area contributed by atoms with Crippen LogP contribution in [0.3, 0.4) is 0 Å². The van der Waals surface area contributed by atoms with Gasteiger partial charge in [0.25, 0.3) is 0 Å². The third kappa shape index (κ3) is 8.51. The van der Waals surface area contributed by atoms with Crippen molar-refractivity contribution in [2.45, 2.75) is 25.4 Å². The smallest absolute Gasteiger partial charge is 0.0828 e. The molecule has 0 aromatic carbocycles. The Morgan fingerprint density at radius 3 is 2.00 bits per heavy atom. The van der Waals surface area contributed by atoms with Gasteiger partial charge >= 0.3 is 0 Å². The third-order valence-electron chi connectivity index (χ3n) is 2.52. The maximum atomic E-state index is 9.10. The molecule has 17 heavy (non-hydrogen) atoms. The number of rotatable bonds is 1. The molecule has 0 spiro atoms. The molecule has 102 valence electrons. The van der Waals surface area contributed by atoms with Crippen LogP contribution in [0.15, 0.2) is 0 Å². The zero-order chi connectivity index (χ0) is 12.2. The van der Waals surface area contributed by atoms with Gasteiger partial charge in [0.2, 0.25) is 0 Å². The molecule has 0 radical (unpaired) electrons. The van der Waals surface area contributed by atoms with Crippen molar-refractivity contribution in [2.24, 2.45) is 0 Å². The Morgan fingerprint density at radius 2 is 1.35 bits per heavy atom. The molecule has 1 unspecified atom stereocenters. The minimum atomic E-state index is -0.139. The van der Waals surface area contributed by atoms with Crippen molar-refractivity contribution in [1.82, 2.24) is 0 Å². The molecule has 5 heteroatoms. The van der Waals surface area contributed by atoms with E-state index in [2.05, 4.69) is 0 Å². The summed E-state index contributed by atoms with van der Waals surface area (Å²) in [5, 5.41) is 9.10. The molecule has 1 saturated heterocycles. The molecule has 1 aliphatic rings. The van der Waals surface area contributed by atoms with Crippen LogP contribution in [0.25, 0.3) is 0 Å². The van der Waals surface area contributed by atoms with Gasteiger partial charge in [0.15, 0.2) is 0 Å². The van der Waals surface area contributed by atoms with E-state index >= 15 is 0 Å². The van der Waals surface area contributed by atoms with Gasteiger partial charge in [-0.05, 0) is 19.3 Å². The molecule has 0 saturated carbocycles. The zero-order valence-corrected chi connectivity index (χ0v) is 10.4. The SMILES string of the molecule is OCC1CCOCCCOCCCOCCO1. The van der Waals surface area contributed by atoms with Gasteiger partial charge < -0.3 is 24.1 Å². The largest absolute Gasteiger partial charge is 0.394 e. The fourth-order valence-corrected chi connectivity index (χ4v) is 1.55. The van der Waals surface area contributed by atoms with Gasteiger partial charge in [-0.15, -0.1) is 0 Å². The third-order valence-corrected chi connectivity index (χ3v) is 2.52. The van der Waals surface area contributed by atoms with Gasteiger partial charge in [-0.25, -0.2) is 0 Å². The lowest BCUT2D eigenvalue weighted by atomic mass is 10.3. The molecule has 5 nitrogen and oxygen atoms in total. The Bertz CT molecular complexity index is 149. The molecule has 1 fully saturated rings. The second kappa shape index (κ2) is 10.9. The molecule has 0 aliphatic carbocycles. The van der Waals surface area contributed by atoms with Crippen LogP contribution in [0.2, 0.25) is 0 Å². The van der Waals surface area contributed by atoms with Crippen molar-refractivity contribution in [3.05, 3.63) is 0 Å². The summed E-state index contributed by atoms with van der Waals surface area (Å²) in [6.45, 7) is 4.61. The maximum absolute atomic E-state index is 9.10. The fourth-order valence-electron chi connectivity index (χ4n) is 1.55. The first kappa shape index (κ1) is 14.9. The number of aliphatic hydroxyl groups excluding tert-OH is 1. The highest BCUT2D eigenvalue weighted by molar-refractivity contribution is 4.55. The molecular weight excluding hydrogens is 224 g/mol. The molecule has 0 amide bonds. The van der Waals surface area contributed by atoms with Crippen molar-refractivity contribution in [1.29, 1.82) is 0 Å². The van der Waals surface area contributed by atoms with E-state index in [1.54, 1.807) is 0 Å². The molecule has 0 bridgehead atoms. The summed E-state index contributed by atoms with van der Waals surface area (Å²) in [7, 11) is 0. The lowest BCUT2D eigenvalue weighted by Gasteiger charge is -2.15. The van der Waals surface area contributed by atoms with E-state index in [9.17, 15) is 0 Å². The lowest BCUT2D eigenvalue weighted by Crippen LogP contribution is -2.22. The fraction of sp³-hybridized carbons (Fsp3) is 1.00. The number of ether oxygens (including phenoxy) is 4. The Labute approximate surface area is 103 Å². The summed E-state index contributed by atoms with van der Waals surface area (Å²) < 4.78 is 21.7. The Balaban J connectivity index is 2.16. The molecule has 1 aliphatic heterocycles. The van der Waals surface area contributed by atoms with Crippen LogP contribution >= 0.6 is 0 Å². The van der Waals surface area contributed by atoms with Gasteiger partial charge in [0.1, 0.15) is 0 Å². The summed E-state index contributed by atoms with van der Waals surface area (Å²) in [6, 6.07) is 0. The Hall–Kier alpha value is -0.200. The van der Waals surface area contributed by atoms with Gasteiger partial charge in [0.05, 0.1) is 25.9 Å². The zero-order valence-electron chi connectivity index (χ0n) is 10.4. The summed E-state index contributed by atoms with van der Waals surface area (Å²) >= 11 is 0. The van der Waals surface area contributed by atoms with Gasteiger partial charge in [0, 0.05) is 33.0 Å². The van der Waals surface area contributed by atoms with E-state index in [1.165, 1.54) is 0 Å². The van der Waals surface area contributed by atoms with Gasteiger partial charge in [-0.2, -0.15) is 0 Å². The van der Waals surface area contributed by atoms with E-state index in [-0.39, 0.29) is 12.7 Å². The summed E-state index contributed by atoms with van der Waals surface area (Å²) in [5.74, 6) is 0. The Morgan fingerprint density at radius 1 is 0.765 bits per heavy atom. The van der Waals surface area contributed by atoms with E-state index in [0.29, 0.717) is 33.0 Å². The molecular formula is C12H24O5. The molecule has 0 aromatic rings. The van der Waals surface area contributed by atoms with Crippen LogP contribution in [-0.2, 0) is 18.9 Å². The highest BCUT2D eigenvalue weighted by Gasteiger charge is 2.07. The van der Waals surface area contributed by atoms with E-state index < -0.39 is 0 Å². The van der Waals surface area contributed by atoms with Crippen LogP contribution in [0.4, 0.5) is 0 Å². The van der Waals surface area contributed by atoms with Crippen molar-refractivity contribution >= 4 is 0 Å². The van der Waals surface area contributed by atoms with E-state index in [0.717, 1.165) is 32.5 Å². The van der Waals surface area contributed by atoms with Crippen molar-refractivity contribution < 1.29 is 24.1 Å². The van der Waals surface area contributed by atoms with Crippen LogP contribution < -0.4 is 0 Å². The number of hydrogen-bond acceptors (Lipinski definition) is 5. The first-order chi connectivity index (χ1) is 8.43. The van der Waals surface area contributed by atoms with E-state index in [4.69, 9.17) is 24.1 Å². The van der Waals surface area contributed by atoms with Crippen LogP contribution in [0.5, 0.6) is 0 Å². The summed E-state index contributed by atoms with van der Waals surface area (Å²) in [6.07, 6.45) is 2.40. The maximum Gasteiger partial charge on any atom is 0.0828 e. The van der Waals surface area contributed by atoms with Crippen molar-refractivity contribution in [3.8, 4) is 0 Å². The molecule has 1 heterocycles. The highest BCUT2D eigenvalue weighted by Crippen LogP contribution is 2.00. The minimum Gasteiger partial charge on any atom is -0.394 e. The molecule has 1 N–H and O–H groups in total. The predicted molar refractivity (Wildman–Crippen MR) is 63.1 cm³/mol. The minimum absolute atomic E-state index is 0.0342. The first-order valence-corrected chi connectivity index (χ1v) is 6.39. The lowest BCUT2D eigenvalue weighted by molar-refractivity contribution is -0.0336. The standard InChI is InChI=1S/C12H24O5/c13-11-12-3-8-15-6-1-4-14-5-2-7-16-9-10-17-12/h12-13H,1-11H2. The molecule has 1 rings (SSSR count). The normalized spacial score (nSPS) is 27.0. The number of hydrogen-bond donors (Lipinski definition) is 1. The first-order valence-electron chi connectivity index (χ1n) is 6.39. The second-order valence-corrected chi connectivity index (χ2v) is 4.01. The predicted octanol–water partition coefficient (Wildman–Crippen LogP) is 0.598. The topological polar surface area (TPSA) is 57.2 Å².